The number of rotatable bonds is 0. The minimum absolute atomic E-state index is 0. The van der Waals surface area contributed by atoms with E-state index in [0.717, 1.165) is 19.1 Å². The Hall–Kier alpha value is 1.77. The van der Waals surface area contributed by atoms with Crippen molar-refractivity contribution in [1.82, 2.24) is 0 Å². The van der Waals surface area contributed by atoms with E-state index < -0.39 is 9.28 Å². The summed E-state index contributed by atoms with van der Waals surface area (Å²) in [7, 11) is -1.59. The molecule has 0 aromatic carbocycles. The molecule has 0 spiro atoms. The summed E-state index contributed by atoms with van der Waals surface area (Å²) >= 11 is 0. The van der Waals surface area contributed by atoms with Gasteiger partial charge in [-0.25, -0.2) is 0 Å². The monoisotopic (exact) mass is 158 g/mol. The summed E-state index contributed by atoms with van der Waals surface area (Å²) in [6, 6.07) is 0.958. The summed E-state index contributed by atoms with van der Waals surface area (Å²) in [4.78, 5) is 8.83. The number of hydrogen-bond acceptors (Lipinski definition) is 2. The first-order valence-corrected chi connectivity index (χ1v) is 4.50. The minimum atomic E-state index is -1.59. The van der Waals surface area contributed by atoms with Crippen LogP contribution in [0.15, 0.2) is 0 Å². The molecule has 0 radical (unpaired) electrons. The zero-order valence-electron chi connectivity index (χ0n) is 4.26. The average molecular weight is 158 g/mol. The van der Waals surface area contributed by atoms with Crippen molar-refractivity contribution in [1.29, 1.82) is 0 Å². The topological polar surface area (TPSA) is 29.5 Å². The second-order valence-electron chi connectivity index (χ2n) is 1.82. The predicted octanol–water partition coefficient (Wildman–Crippen LogP) is -0.639. The molecule has 44 valence electrons. The van der Waals surface area contributed by atoms with E-state index in [4.69, 9.17) is 9.22 Å². The van der Waals surface area contributed by atoms with E-state index in [0.29, 0.717) is 0 Å². The fraction of sp³-hybridized carbons (Fsp3) is 1.00. The SMILES string of the molecule is O[SiH]1CCCCO1.[KH]. The predicted molar refractivity (Wildman–Crippen MR) is 36.5 cm³/mol. The molecule has 8 heavy (non-hydrogen) atoms. The Labute approximate surface area is 93.9 Å². The van der Waals surface area contributed by atoms with Crippen molar-refractivity contribution in [2.75, 3.05) is 6.61 Å². The normalized spacial score (nSPS) is 28.9. The van der Waals surface area contributed by atoms with Crippen molar-refractivity contribution in [3.05, 3.63) is 0 Å². The van der Waals surface area contributed by atoms with Gasteiger partial charge >= 0.3 is 60.7 Å². The molecule has 1 atom stereocenters. The summed E-state index contributed by atoms with van der Waals surface area (Å²) in [5, 5.41) is 0. The third-order valence-corrected chi connectivity index (χ3v) is 2.68. The molecule has 0 bridgehead atoms. The molecule has 1 aliphatic heterocycles. The molecule has 2 nitrogen and oxygen atoms in total. The van der Waals surface area contributed by atoms with Crippen LogP contribution in [0.1, 0.15) is 12.8 Å². The van der Waals surface area contributed by atoms with Gasteiger partial charge in [0.1, 0.15) is 0 Å². The molecule has 1 N–H and O–H groups in total. The first-order chi connectivity index (χ1) is 3.39. The Morgan fingerprint density at radius 3 is 2.38 bits per heavy atom. The molecule has 1 aliphatic rings. The molecule has 1 heterocycles. The molecule has 0 amide bonds. The Kier molecular flexibility index (Phi) is 6.78. The van der Waals surface area contributed by atoms with Crippen molar-refractivity contribution in [3.8, 4) is 0 Å². The third-order valence-electron chi connectivity index (χ3n) is 1.16. The molecular weight excluding hydrogens is 147 g/mol. The van der Waals surface area contributed by atoms with E-state index in [1.54, 1.807) is 0 Å². The zero-order chi connectivity index (χ0) is 5.11. The Balaban J connectivity index is 0.000000490. The van der Waals surface area contributed by atoms with Crippen molar-refractivity contribution >= 4 is 60.7 Å². The van der Waals surface area contributed by atoms with Crippen LogP contribution in [-0.4, -0.2) is 72.1 Å². The first kappa shape index (κ1) is 9.77. The molecule has 0 aliphatic carbocycles. The van der Waals surface area contributed by atoms with Crippen molar-refractivity contribution in [3.63, 3.8) is 0 Å². The van der Waals surface area contributed by atoms with E-state index >= 15 is 0 Å². The van der Waals surface area contributed by atoms with Crippen LogP contribution in [0.25, 0.3) is 0 Å². The summed E-state index contributed by atoms with van der Waals surface area (Å²) in [6.45, 7) is 0.799. The Morgan fingerprint density at radius 1 is 1.38 bits per heavy atom. The van der Waals surface area contributed by atoms with Gasteiger partial charge in [-0.1, -0.05) is 0 Å². The van der Waals surface area contributed by atoms with Gasteiger partial charge in [-0.15, -0.1) is 0 Å². The standard InChI is InChI=1S/C4H10O2Si.K.H/c5-7-4-2-1-3-6-7;;/h5,7H,1-4H2;;. The van der Waals surface area contributed by atoms with E-state index in [2.05, 4.69) is 0 Å². The van der Waals surface area contributed by atoms with E-state index in [1.165, 1.54) is 6.42 Å². The second-order valence-corrected chi connectivity index (χ2v) is 3.64. The Morgan fingerprint density at radius 2 is 2.12 bits per heavy atom. The van der Waals surface area contributed by atoms with E-state index in [9.17, 15) is 0 Å². The summed E-state index contributed by atoms with van der Waals surface area (Å²) in [6.07, 6.45) is 2.32. The van der Waals surface area contributed by atoms with Gasteiger partial charge in [0.05, 0.1) is 0 Å². The van der Waals surface area contributed by atoms with Gasteiger partial charge in [-0.2, -0.15) is 0 Å². The van der Waals surface area contributed by atoms with Crippen molar-refractivity contribution < 1.29 is 9.22 Å². The van der Waals surface area contributed by atoms with Crippen LogP contribution in [0, 0.1) is 0 Å². The van der Waals surface area contributed by atoms with Crippen LogP contribution in [0.5, 0.6) is 0 Å². The van der Waals surface area contributed by atoms with E-state index in [1.807, 2.05) is 0 Å². The van der Waals surface area contributed by atoms with Gasteiger partial charge in [-0.05, 0) is 18.9 Å². The van der Waals surface area contributed by atoms with Crippen molar-refractivity contribution in [2.24, 2.45) is 0 Å². The van der Waals surface area contributed by atoms with Crippen LogP contribution >= 0.6 is 0 Å². The quantitative estimate of drug-likeness (QED) is 0.475. The van der Waals surface area contributed by atoms with E-state index in [-0.39, 0.29) is 51.4 Å². The van der Waals surface area contributed by atoms with Gasteiger partial charge in [-0.3, -0.25) is 0 Å². The average Bonchev–Trinajstić information content (AvgIpc) is 1.69. The summed E-state index contributed by atoms with van der Waals surface area (Å²) < 4.78 is 4.97. The summed E-state index contributed by atoms with van der Waals surface area (Å²) in [5.74, 6) is 0. The second kappa shape index (κ2) is 5.55. The number of hydrogen-bond donors (Lipinski definition) is 1. The van der Waals surface area contributed by atoms with Gasteiger partial charge in [0.25, 0.3) is 0 Å². The van der Waals surface area contributed by atoms with Crippen LogP contribution in [0.2, 0.25) is 6.04 Å². The molecule has 1 saturated heterocycles. The fourth-order valence-electron chi connectivity index (χ4n) is 0.724. The van der Waals surface area contributed by atoms with Crippen molar-refractivity contribution in [2.45, 2.75) is 18.9 Å². The maximum atomic E-state index is 8.83. The van der Waals surface area contributed by atoms with Crippen LogP contribution in [0.4, 0.5) is 0 Å². The van der Waals surface area contributed by atoms with Crippen LogP contribution in [0.3, 0.4) is 0 Å². The molecule has 0 saturated carbocycles. The molecule has 0 aromatic heterocycles. The van der Waals surface area contributed by atoms with Crippen LogP contribution in [-0.2, 0) is 4.43 Å². The van der Waals surface area contributed by atoms with Gasteiger partial charge < -0.3 is 9.22 Å². The van der Waals surface area contributed by atoms with Gasteiger partial charge in [0.2, 0.25) is 0 Å². The Bertz CT molecular complexity index is 56.0. The molecule has 0 aromatic rings. The molecular formula is C4H11KO2Si. The first-order valence-electron chi connectivity index (χ1n) is 2.69. The molecule has 4 heteroatoms. The maximum absolute atomic E-state index is 8.83. The molecule has 1 rings (SSSR count). The third kappa shape index (κ3) is 3.73. The van der Waals surface area contributed by atoms with Gasteiger partial charge in [0, 0.05) is 6.61 Å². The van der Waals surface area contributed by atoms with Gasteiger partial charge in [0.15, 0.2) is 0 Å². The van der Waals surface area contributed by atoms with Crippen LogP contribution < -0.4 is 0 Å². The summed E-state index contributed by atoms with van der Waals surface area (Å²) in [5.41, 5.74) is 0. The molecule has 1 fully saturated rings. The zero-order valence-corrected chi connectivity index (χ0v) is 5.42. The molecule has 1 unspecified atom stereocenters. The fourth-order valence-corrected chi connectivity index (χ4v) is 1.97.